The van der Waals surface area contributed by atoms with Crippen molar-refractivity contribution in [2.75, 3.05) is 49.9 Å². The summed E-state index contributed by atoms with van der Waals surface area (Å²) in [6.07, 6.45) is 4.65. The molecule has 1 amide bonds. The third-order valence-electron chi connectivity index (χ3n) is 7.36. The van der Waals surface area contributed by atoms with Crippen LogP contribution in [-0.4, -0.2) is 91.2 Å². The number of likely N-dealkylation sites (tertiary alicyclic amines) is 1. The maximum absolute atomic E-state index is 14.1. The van der Waals surface area contributed by atoms with Crippen LogP contribution in [0.5, 0.6) is 11.5 Å². The van der Waals surface area contributed by atoms with Crippen LogP contribution in [0.25, 0.3) is 0 Å². The molecule has 39 heavy (non-hydrogen) atoms. The van der Waals surface area contributed by atoms with Gasteiger partial charge in [0.05, 0.1) is 17.5 Å². The van der Waals surface area contributed by atoms with Crippen molar-refractivity contribution in [1.82, 2.24) is 24.5 Å². The Bertz CT molecular complexity index is 1250. The Kier molecular flexibility index (Phi) is 9.39. The van der Waals surface area contributed by atoms with Gasteiger partial charge in [-0.25, -0.2) is 27.5 Å². The van der Waals surface area contributed by atoms with Crippen LogP contribution in [-0.2, 0) is 10.0 Å². The zero-order valence-corrected chi connectivity index (χ0v) is 24.0. The minimum Gasteiger partial charge on any atom is -0.451 e. The number of carbonyl (C=O) groups excluding carboxylic acids is 1. The molecule has 0 saturated carbocycles. The molecule has 2 aliphatic heterocycles. The molecule has 10 nitrogen and oxygen atoms in total. The Hall–Kier alpha value is -2.83. The van der Waals surface area contributed by atoms with E-state index in [4.69, 9.17) is 4.74 Å². The third-order valence-corrected chi connectivity index (χ3v) is 8.82. The van der Waals surface area contributed by atoms with E-state index < -0.39 is 15.8 Å². The molecule has 0 aliphatic carbocycles. The number of nitrogens with one attached hydrogen (secondary N) is 1. The molecule has 2 aliphatic rings. The Balaban J connectivity index is 1.37. The highest BCUT2D eigenvalue weighted by Gasteiger charge is 2.33. The van der Waals surface area contributed by atoms with Crippen LogP contribution >= 0.6 is 0 Å². The number of aromatic nitrogens is 2. The van der Waals surface area contributed by atoms with Gasteiger partial charge in [0.2, 0.25) is 10.0 Å². The number of nitrogens with zero attached hydrogens (tertiary/aromatic N) is 5. The van der Waals surface area contributed by atoms with Gasteiger partial charge < -0.3 is 19.4 Å². The molecule has 1 N–H and O–H groups in total. The molecular weight excluding hydrogens is 523 g/mol. The number of hydrogen-bond acceptors (Lipinski definition) is 8. The summed E-state index contributed by atoms with van der Waals surface area (Å²) in [7, 11) is -3.18. The van der Waals surface area contributed by atoms with Crippen molar-refractivity contribution in [1.29, 1.82) is 0 Å². The summed E-state index contributed by atoms with van der Waals surface area (Å²) in [6.45, 7) is 12.1. The van der Waals surface area contributed by atoms with E-state index in [1.54, 1.807) is 18.0 Å². The zero-order valence-electron chi connectivity index (χ0n) is 23.1. The highest BCUT2D eigenvalue weighted by Crippen LogP contribution is 2.35. The van der Waals surface area contributed by atoms with Crippen molar-refractivity contribution >= 4 is 21.7 Å². The fourth-order valence-corrected chi connectivity index (χ4v) is 6.10. The van der Waals surface area contributed by atoms with Gasteiger partial charge in [-0.15, -0.1) is 0 Å². The van der Waals surface area contributed by atoms with Gasteiger partial charge in [0.25, 0.3) is 5.91 Å². The number of sulfonamides is 1. The van der Waals surface area contributed by atoms with Crippen LogP contribution in [0.1, 0.15) is 50.9 Å². The molecule has 4 rings (SSSR count). The summed E-state index contributed by atoms with van der Waals surface area (Å²) >= 11 is 0. The quantitative estimate of drug-likeness (QED) is 0.445. The van der Waals surface area contributed by atoms with Crippen LogP contribution in [0.15, 0.2) is 30.7 Å². The van der Waals surface area contributed by atoms with Gasteiger partial charge in [-0.05, 0) is 71.8 Å². The van der Waals surface area contributed by atoms with Crippen molar-refractivity contribution in [2.45, 2.75) is 52.6 Å². The van der Waals surface area contributed by atoms with Crippen molar-refractivity contribution in [3.63, 3.8) is 0 Å². The van der Waals surface area contributed by atoms with Crippen LogP contribution in [0.3, 0.4) is 0 Å². The molecule has 2 fully saturated rings. The van der Waals surface area contributed by atoms with E-state index in [9.17, 15) is 17.6 Å². The number of anilines is 1. The Labute approximate surface area is 230 Å². The second kappa shape index (κ2) is 12.6. The van der Waals surface area contributed by atoms with Crippen molar-refractivity contribution in [3.8, 4) is 11.5 Å². The first-order chi connectivity index (χ1) is 18.6. The standard InChI is InChI=1S/C27H39FN6O4S/c1-5-34(19(3)4)27(35)23-13-21(28)7-8-24(23)38-25-14-29-18-30-26(25)33-16-20(17-33)15-32-11-9-22(10-12-32)31-39(36,37)6-2/h7-8,13-14,18-20,22,31H,5-6,9-12,15-17H2,1-4H3. The number of ether oxygens (including phenoxy) is 1. The second-order valence-electron chi connectivity index (χ2n) is 10.5. The van der Waals surface area contributed by atoms with Gasteiger partial charge in [0, 0.05) is 44.2 Å². The first kappa shape index (κ1) is 29.2. The lowest BCUT2D eigenvalue weighted by molar-refractivity contribution is 0.0713. The lowest BCUT2D eigenvalue weighted by atomic mass is 9.97. The molecule has 0 atom stereocenters. The summed E-state index contributed by atoms with van der Waals surface area (Å²) in [4.78, 5) is 27.9. The Morgan fingerprint density at radius 1 is 1.21 bits per heavy atom. The second-order valence-corrected chi connectivity index (χ2v) is 12.5. The molecule has 0 bridgehead atoms. The Morgan fingerprint density at radius 2 is 1.92 bits per heavy atom. The predicted octanol–water partition coefficient (Wildman–Crippen LogP) is 3.12. The molecular formula is C27H39FN6O4S. The number of halogens is 1. The highest BCUT2D eigenvalue weighted by molar-refractivity contribution is 7.89. The smallest absolute Gasteiger partial charge is 0.257 e. The van der Waals surface area contributed by atoms with Crippen LogP contribution in [0, 0.1) is 11.7 Å². The fraction of sp³-hybridized carbons (Fsp3) is 0.593. The van der Waals surface area contributed by atoms with Gasteiger partial charge in [-0.2, -0.15) is 0 Å². The molecule has 2 saturated heterocycles. The molecule has 1 aromatic carbocycles. The van der Waals surface area contributed by atoms with E-state index in [1.807, 2.05) is 20.8 Å². The fourth-order valence-electron chi connectivity index (χ4n) is 5.19. The highest BCUT2D eigenvalue weighted by atomic mass is 32.2. The lowest BCUT2D eigenvalue weighted by Crippen LogP contribution is -2.54. The number of amides is 1. The molecule has 12 heteroatoms. The molecule has 0 radical (unpaired) electrons. The van der Waals surface area contributed by atoms with Crippen molar-refractivity contribution in [3.05, 3.63) is 42.1 Å². The van der Waals surface area contributed by atoms with Crippen molar-refractivity contribution in [2.24, 2.45) is 5.92 Å². The molecule has 1 aromatic heterocycles. The minimum absolute atomic E-state index is 0.0120. The van der Waals surface area contributed by atoms with E-state index >= 15 is 0 Å². The van der Waals surface area contributed by atoms with Gasteiger partial charge in [0.1, 0.15) is 17.9 Å². The maximum Gasteiger partial charge on any atom is 0.257 e. The average molecular weight is 563 g/mol. The van der Waals surface area contributed by atoms with Gasteiger partial charge >= 0.3 is 0 Å². The van der Waals surface area contributed by atoms with Crippen LogP contribution in [0.2, 0.25) is 0 Å². The van der Waals surface area contributed by atoms with Gasteiger partial charge in [-0.1, -0.05) is 0 Å². The van der Waals surface area contributed by atoms with E-state index in [0.29, 0.717) is 24.0 Å². The molecule has 0 spiro atoms. The zero-order chi connectivity index (χ0) is 28.2. The molecule has 0 unspecified atom stereocenters. The largest absolute Gasteiger partial charge is 0.451 e. The molecule has 214 valence electrons. The number of hydrogen-bond donors (Lipinski definition) is 1. The molecule has 3 heterocycles. The summed E-state index contributed by atoms with van der Waals surface area (Å²) in [5.41, 5.74) is 0.159. The lowest BCUT2D eigenvalue weighted by Gasteiger charge is -2.44. The predicted molar refractivity (Wildman–Crippen MR) is 148 cm³/mol. The normalized spacial score (nSPS) is 17.3. The minimum atomic E-state index is -3.18. The summed E-state index contributed by atoms with van der Waals surface area (Å²) < 4.78 is 46.8. The summed E-state index contributed by atoms with van der Waals surface area (Å²) in [6, 6.07) is 3.92. The Morgan fingerprint density at radius 3 is 2.56 bits per heavy atom. The van der Waals surface area contributed by atoms with E-state index in [0.717, 1.165) is 45.6 Å². The van der Waals surface area contributed by atoms with Crippen LogP contribution in [0.4, 0.5) is 10.2 Å². The maximum atomic E-state index is 14.1. The van der Waals surface area contributed by atoms with Gasteiger partial charge in [-0.3, -0.25) is 4.79 Å². The summed E-state index contributed by atoms with van der Waals surface area (Å²) in [5, 5.41) is 0. The number of rotatable bonds is 11. The summed E-state index contributed by atoms with van der Waals surface area (Å²) in [5.74, 6) is 1.05. The topological polar surface area (TPSA) is 108 Å². The first-order valence-electron chi connectivity index (χ1n) is 13.7. The number of benzene rings is 1. The van der Waals surface area contributed by atoms with E-state index in [1.165, 1.54) is 24.5 Å². The third kappa shape index (κ3) is 7.23. The van der Waals surface area contributed by atoms with Crippen molar-refractivity contribution < 1.29 is 22.3 Å². The van der Waals surface area contributed by atoms with E-state index in [2.05, 4.69) is 24.5 Å². The SMILES string of the molecule is CCN(C(=O)c1cc(F)ccc1Oc1cncnc1N1CC(CN2CCC(NS(=O)(=O)CC)CC2)C1)C(C)C. The number of piperidine rings is 1. The monoisotopic (exact) mass is 562 g/mol. The van der Waals surface area contributed by atoms with E-state index in [-0.39, 0.29) is 35.1 Å². The average Bonchev–Trinajstić information content (AvgIpc) is 2.88. The number of carbonyl (C=O) groups is 1. The van der Waals surface area contributed by atoms with Gasteiger partial charge in [0.15, 0.2) is 11.6 Å². The molecule has 2 aromatic rings. The first-order valence-corrected chi connectivity index (χ1v) is 15.3. The van der Waals surface area contributed by atoms with Crippen LogP contribution < -0.4 is 14.4 Å².